The number of nitrogens with two attached hydrogens (primary N) is 1. The van der Waals surface area contributed by atoms with Gasteiger partial charge in [-0.25, -0.2) is 0 Å². The van der Waals surface area contributed by atoms with Crippen molar-refractivity contribution in [1.82, 2.24) is 0 Å². The van der Waals surface area contributed by atoms with E-state index >= 15 is 0 Å². The van der Waals surface area contributed by atoms with E-state index in [4.69, 9.17) is 48.4 Å². The summed E-state index contributed by atoms with van der Waals surface area (Å²) < 4.78 is 258. The summed E-state index contributed by atoms with van der Waals surface area (Å²) in [4.78, 5) is -5.14. The van der Waals surface area contributed by atoms with Gasteiger partial charge in [-0.05, 0) is 90.5 Å². The first-order chi connectivity index (χ1) is 41.6. The van der Waals surface area contributed by atoms with Crippen LogP contribution in [0.4, 0.5) is 51.2 Å². The Bertz CT molecular complexity index is 5290. The van der Waals surface area contributed by atoms with Gasteiger partial charge in [0.05, 0.1) is 30.5 Å². The smallest absolute Gasteiger partial charge is 0.425 e. The molecule has 8 rings (SSSR count). The number of aromatic hydroxyl groups is 3. The van der Waals surface area contributed by atoms with Crippen molar-refractivity contribution in [3.8, 4) is 23.0 Å². The van der Waals surface area contributed by atoms with Crippen molar-refractivity contribution in [3.05, 3.63) is 109 Å². The van der Waals surface area contributed by atoms with Crippen molar-refractivity contribution in [2.45, 2.75) is 31.1 Å². The second kappa shape index (κ2) is 28.2. The lowest BCUT2D eigenvalue weighted by atomic mass is 10.1. The summed E-state index contributed by atoms with van der Waals surface area (Å²) in [6.45, 7) is -0.592. The van der Waals surface area contributed by atoms with Crippen molar-refractivity contribution in [2.75, 3.05) is 12.8 Å². The second-order valence-electron chi connectivity index (χ2n) is 16.6. The second-order valence-corrected chi connectivity index (χ2v) is 24.7. The number of ether oxygens (including phenoxy) is 1. The molecule has 8 aromatic carbocycles. The third-order valence-corrected chi connectivity index (χ3v) is 15.7. The van der Waals surface area contributed by atoms with E-state index in [9.17, 15) is 85.3 Å². The topological polar surface area (TPSA) is 641 Å². The van der Waals surface area contributed by atoms with E-state index in [-0.39, 0.29) is 22.3 Å². The highest BCUT2D eigenvalue weighted by Crippen LogP contribution is 2.49. The van der Waals surface area contributed by atoms with E-state index in [0.717, 1.165) is 60.7 Å². The molecule has 11 N–H and O–H groups in total. The largest absolute Gasteiger partial charge is 0.505 e. The number of aliphatic hydroxyl groups is 1. The molecule has 0 spiro atoms. The molecule has 38 nitrogen and oxygen atoms in total. The monoisotopic (exact) mass is 1410 g/mol. The fourth-order valence-electron chi connectivity index (χ4n) is 7.66. The summed E-state index contributed by atoms with van der Waals surface area (Å²) in [6.07, 6.45) is 0. The van der Waals surface area contributed by atoms with Crippen molar-refractivity contribution >= 4 is 166 Å². The zero-order chi connectivity index (χ0) is 67.8. The zero-order valence-corrected chi connectivity index (χ0v) is 50.2. The molecule has 476 valence electrons. The number of hydrogen-bond acceptors (Lipinski definition) is 33. The minimum absolute atomic E-state index is 0.0943. The standard InChI is InChI=1S/C44H33N9O20S5.3O3S/c1-73-22-5-3-21(4-6-22)46-53-39-36(76(64,65)66)17-27-24(41(39)56)8-15-32(44(27)78(70,71)72)51-52-33-18-34(74(58,59)60)26-10-13-30(42(57)37(26)38(33)45)49-50-31-14-7-23-25(43(31)77(67,68)69)9-12-29(40(23)55)48-47-28-11-2-20(19-54)16-35(28)75(61,62)63;3*1-4(2)3/h2-18,54-57H,19,45H2,1H3,(H,58,59,60)(H,61,62,63)(H,64,65,66)(H,67,68,69)(H,70,71,72);;;. The molecule has 0 saturated carbocycles. The number of rotatable bonds is 15. The van der Waals surface area contributed by atoms with Crippen LogP contribution in [-0.4, -0.2) is 130 Å². The molecular formula is C44H33N9O29S8. The summed E-state index contributed by atoms with van der Waals surface area (Å²) in [5, 5.41) is 70.6. The summed E-state index contributed by atoms with van der Waals surface area (Å²) in [6, 6.07) is 18.0. The van der Waals surface area contributed by atoms with Crippen LogP contribution < -0.4 is 10.5 Å². The van der Waals surface area contributed by atoms with Crippen LogP contribution in [-0.2, 0) is 89.0 Å². The number of benzene rings is 8. The number of fused-ring (bicyclic) bond motifs is 3. The number of nitrogen functional groups attached to an aromatic ring is 1. The normalized spacial score (nSPS) is 12.2. The quantitative estimate of drug-likeness (QED) is 0.0309. The Balaban J connectivity index is 0.00000113. The van der Waals surface area contributed by atoms with Crippen molar-refractivity contribution in [2.24, 2.45) is 40.9 Å². The number of methoxy groups -OCH3 is 1. The Morgan fingerprint density at radius 3 is 1.27 bits per heavy atom. The lowest BCUT2D eigenvalue weighted by Gasteiger charge is -2.13. The predicted molar refractivity (Wildman–Crippen MR) is 301 cm³/mol. The van der Waals surface area contributed by atoms with E-state index in [1.54, 1.807) is 0 Å². The number of phenols is 3. The Hall–Kier alpha value is -9.69. The molecule has 0 aromatic heterocycles. The summed E-state index contributed by atoms with van der Waals surface area (Å²) in [5.41, 5.74) is 1.43. The van der Waals surface area contributed by atoms with Gasteiger partial charge in [-0.15, -0.1) is 73.7 Å². The van der Waals surface area contributed by atoms with E-state index in [1.807, 2.05) is 0 Å². The maximum absolute atomic E-state index is 13.0. The van der Waals surface area contributed by atoms with Crippen LogP contribution in [0.3, 0.4) is 0 Å². The molecule has 90 heavy (non-hydrogen) atoms. The molecule has 8 aromatic rings. The van der Waals surface area contributed by atoms with E-state index < -0.39 is 197 Å². The van der Waals surface area contributed by atoms with Gasteiger partial charge < -0.3 is 30.9 Å². The highest BCUT2D eigenvalue weighted by molar-refractivity contribution is 7.87. The van der Waals surface area contributed by atoms with Gasteiger partial charge in [-0.3, -0.25) is 22.8 Å². The van der Waals surface area contributed by atoms with Crippen LogP contribution in [0.1, 0.15) is 5.56 Å². The van der Waals surface area contributed by atoms with Crippen LogP contribution in [0.5, 0.6) is 23.0 Å². The van der Waals surface area contributed by atoms with E-state index in [1.165, 1.54) is 37.4 Å². The molecule has 0 saturated heterocycles. The molecule has 0 heterocycles. The SMILES string of the molecule is COc1ccc(N=Nc2c(S(=O)(=O)O)cc3c(S(=O)(=O)O)c(N=Nc4cc(S(=O)(=O)O)c5ccc(N=Nc6ccc7c(O)c(N=Nc8ccc(CO)cc8S(=O)(=O)O)ccc7c6S(=O)(=O)O)c(O)c5c4N)ccc3c2O)cc1.O=S(=O)=O.O=S(=O)=O.O=S(=O)=O. The summed E-state index contributed by atoms with van der Waals surface area (Å²) in [7, 11) is -34.3. The minimum Gasteiger partial charge on any atom is -0.505 e. The van der Waals surface area contributed by atoms with Gasteiger partial charge in [0.25, 0.3) is 50.6 Å². The molecule has 0 atom stereocenters. The van der Waals surface area contributed by atoms with Crippen molar-refractivity contribution in [3.63, 3.8) is 0 Å². The lowest BCUT2D eigenvalue weighted by Crippen LogP contribution is -2.03. The van der Waals surface area contributed by atoms with Gasteiger partial charge in [0.15, 0.2) is 17.2 Å². The summed E-state index contributed by atoms with van der Waals surface area (Å²) >= 11 is 0. The highest BCUT2D eigenvalue weighted by Gasteiger charge is 2.29. The Labute approximate surface area is 507 Å². The van der Waals surface area contributed by atoms with Crippen molar-refractivity contribution < 1.29 is 128 Å². The fraction of sp³-hybridized carbons (Fsp3) is 0.0455. The first-order valence-electron chi connectivity index (χ1n) is 22.5. The van der Waals surface area contributed by atoms with Gasteiger partial charge in [0.2, 0.25) is 0 Å². The van der Waals surface area contributed by atoms with Gasteiger partial charge in [-0.2, -0.15) is 47.2 Å². The Morgan fingerprint density at radius 1 is 0.400 bits per heavy atom. The van der Waals surface area contributed by atoms with Gasteiger partial charge in [-0.1, -0.05) is 18.2 Å². The molecule has 0 aliphatic heterocycles. The van der Waals surface area contributed by atoms with Gasteiger partial charge in [0, 0.05) is 26.9 Å². The molecule has 0 fully saturated rings. The molecular weight excluding hydrogens is 1380 g/mol. The molecule has 0 radical (unpaired) electrons. The molecule has 46 heteroatoms. The third kappa shape index (κ3) is 17.5. The number of azo groups is 4. The average molecular weight is 1410 g/mol. The fourth-order valence-corrected chi connectivity index (χ4v) is 11.3. The minimum atomic E-state index is -5.52. The molecule has 0 bridgehead atoms. The van der Waals surface area contributed by atoms with Crippen molar-refractivity contribution in [1.29, 1.82) is 0 Å². The van der Waals surface area contributed by atoms with Crippen LogP contribution in [0.2, 0.25) is 0 Å². The molecule has 0 aliphatic carbocycles. The molecule has 0 aliphatic rings. The maximum Gasteiger partial charge on any atom is 0.425 e. The summed E-state index contributed by atoms with van der Waals surface area (Å²) in [5.74, 6) is -2.41. The average Bonchev–Trinajstić information content (AvgIpc) is 0.763. The first kappa shape index (κ1) is 71.1. The van der Waals surface area contributed by atoms with Crippen LogP contribution in [0, 0.1) is 0 Å². The number of aliphatic hydroxyl groups excluding tert-OH is 1. The zero-order valence-electron chi connectivity index (χ0n) is 43.6. The molecule has 0 amide bonds. The van der Waals surface area contributed by atoms with E-state index in [0.29, 0.717) is 17.9 Å². The lowest BCUT2D eigenvalue weighted by molar-refractivity contribution is 0.281. The Kier molecular flexibility index (Phi) is 22.3. The first-order valence-corrected chi connectivity index (χ1v) is 32.7. The van der Waals surface area contributed by atoms with Crippen LogP contribution in [0.15, 0.2) is 169 Å². The predicted octanol–water partition coefficient (Wildman–Crippen LogP) is 6.23. The highest BCUT2D eigenvalue weighted by atomic mass is 32.2. The molecule has 0 unspecified atom stereocenters. The maximum atomic E-state index is 13.0. The van der Waals surface area contributed by atoms with Crippen LogP contribution >= 0.6 is 0 Å². The third-order valence-electron chi connectivity index (χ3n) is 11.2. The number of anilines is 1. The van der Waals surface area contributed by atoms with Crippen LogP contribution in [0.25, 0.3) is 32.3 Å². The number of hydrogen-bond donors (Lipinski definition) is 10. The van der Waals surface area contributed by atoms with Gasteiger partial charge in [0.1, 0.15) is 70.0 Å². The van der Waals surface area contributed by atoms with Gasteiger partial charge >= 0.3 is 31.8 Å². The number of phenolic OH excluding ortho intramolecular Hbond substituents is 3. The van der Waals surface area contributed by atoms with E-state index in [2.05, 4.69) is 40.9 Å². The Morgan fingerprint density at radius 2 is 0.800 bits per heavy atom. The number of nitrogens with zero attached hydrogens (tertiary/aromatic N) is 8.